The Balaban J connectivity index is 1.20. The maximum atomic E-state index is 2.49. The van der Waals surface area contributed by atoms with E-state index >= 15 is 0 Å². The summed E-state index contributed by atoms with van der Waals surface area (Å²) in [5, 5.41) is 5.05. The fourth-order valence-electron chi connectivity index (χ4n) is 9.11. The molecule has 0 spiro atoms. The Morgan fingerprint density at radius 1 is 0.283 bits per heavy atom. The molecule has 1 aliphatic rings. The Morgan fingerprint density at radius 3 is 1.21 bits per heavy atom. The molecule has 0 unspecified atom stereocenters. The number of aromatic nitrogens is 2. The average Bonchev–Trinajstić information content (AvgIpc) is 3.71. The van der Waals surface area contributed by atoms with Gasteiger partial charge in [0.2, 0.25) is 0 Å². The molecule has 0 fully saturated rings. The minimum Gasteiger partial charge on any atom is -0.309 e. The zero-order chi connectivity index (χ0) is 35.4. The maximum absolute atomic E-state index is 2.49. The zero-order valence-electron chi connectivity index (χ0n) is 30.0. The summed E-state index contributed by atoms with van der Waals surface area (Å²) in [6.07, 6.45) is 0. The van der Waals surface area contributed by atoms with Crippen molar-refractivity contribution in [2.24, 2.45) is 0 Å². The third-order valence-electron chi connectivity index (χ3n) is 11.7. The van der Waals surface area contributed by atoms with Crippen molar-refractivity contribution < 1.29 is 0 Å². The van der Waals surface area contributed by atoms with E-state index in [1.165, 1.54) is 116 Å². The van der Waals surface area contributed by atoms with Crippen molar-refractivity contribution in [1.82, 2.24) is 9.13 Å². The molecule has 2 aromatic heterocycles. The van der Waals surface area contributed by atoms with Crippen LogP contribution in [0.1, 0.15) is 16.7 Å². The summed E-state index contributed by atoms with van der Waals surface area (Å²) in [5.41, 5.74) is 21.3. The molecule has 0 amide bonds. The molecule has 10 aromatic rings. The second-order valence-corrected chi connectivity index (χ2v) is 14.7. The number of aryl methyl sites for hydroxylation is 3. The van der Waals surface area contributed by atoms with Crippen LogP contribution in [0.25, 0.3) is 99.5 Å². The van der Waals surface area contributed by atoms with E-state index in [0.717, 1.165) is 0 Å². The molecule has 0 atom stereocenters. The normalized spacial score (nSPS) is 12.1. The third kappa shape index (κ3) is 4.27. The van der Waals surface area contributed by atoms with Crippen molar-refractivity contribution in [3.8, 4) is 55.9 Å². The SMILES string of the molecule is Cc1cc2c(cc1C)-c1cc(C)c(-n3c4ccccc4c4cc(-n5c6ccccc6c6ccccc65)ccc43)cc1-c1ccccc1-c1ccccc1-2. The Kier molecular flexibility index (Phi) is 6.33. The van der Waals surface area contributed by atoms with Gasteiger partial charge in [0, 0.05) is 32.9 Å². The Hall–Kier alpha value is -6.64. The summed E-state index contributed by atoms with van der Waals surface area (Å²) in [5.74, 6) is 0. The molecule has 11 rings (SSSR count). The summed E-state index contributed by atoms with van der Waals surface area (Å²) in [6, 6.07) is 61.0. The molecule has 250 valence electrons. The molecule has 0 saturated carbocycles. The minimum atomic E-state index is 1.17. The van der Waals surface area contributed by atoms with Gasteiger partial charge >= 0.3 is 0 Å². The first-order valence-electron chi connectivity index (χ1n) is 18.5. The minimum absolute atomic E-state index is 1.17. The molecule has 0 aliphatic heterocycles. The van der Waals surface area contributed by atoms with Crippen LogP contribution in [0.2, 0.25) is 0 Å². The summed E-state index contributed by atoms with van der Waals surface area (Å²) in [7, 11) is 0. The Bertz CT molecular complexity index is 3100. The van der Waals surface area contributed by atoms with Crippen molar-refractivity contribution in [2.45, 2.75) is 20.8 Å². The first-order valence-corrected chi connectivity index (χ1v) is 18.5. The third-order valence-corrected chi connectivity index (χ3v) is 11.7. The second-order valence-electron chi connectivity index (χ2n) is 14.7. The van der Waals surface area contributed by atoms with Gasteiger partial charge in [-0.1, -0.05) is 115 Å². The van der Waals surface area contributed by atoms with Crippen molar-refractivity contribution in [3.05, 3.63) is 180 Å². The lowest BCUT2D eigenvalue weighted by Crippen LogP contribution is -2.03. The smallest absolute Gasteiger partial charge is 0.0542 e. The zero-order valence-corrected chi connectivity index (χ0v) is 30.0. The van der Waals surface area contributed by atoms with E-state index < -0.39 is 0 Å². The fraction of sp³-hybridized carbons (Fsp3) is 0.0588. The van der Waals surface area contributed by atoms with Gasteiger partial charge in [-0.25, -0.2) is 0 Å². The number of benzene rings is 8. The van der Waals surface area contributed by atoms with Crippen LogP contribution in [-0.2, 0) is 0 Å². The summed E-state index contributed by atoms with van der Waals surface area (Å²) in [6.45, 7) is 6.75. The van der Waals surface area contributed by atoms with Gasteiger partial charge in [0.25, 0.3) is 0 Å². The molecule has 0 bridgehead atoms. The monoisotopic (exact) mass is 676 g/mol. The van der Waals surface area contributed by atoms with Crippen LogP contribution in [0.5, 0.6) is 0 Å². The molecule has 2 heteroatoms. The number of hydrogen-bond acceptors (Lipinski definition) is 0. The van der Waals surface area contributed by atoms with Crippen molar-refractivity contribution in [2.75, 3.05) is 0 Å². The van der Waals surface area contributed by atoms with E-state index in [4.69, 9.17) is 0 Å². The first kappa shape index (κ1) is 30.0. The highest BCUT2D eigenvalue weighted by atomic mass is 15.0. The van der Waals surface area contributed by atoms with Gasteiger partial charge in [0.1, 0.15) is 0 Å². The van der Waals surface area contributed by atoms with Crippen LogP contribution in [0.4, 0.5) is 0 Å². The lowest BCUT2D eigenvalue weighted by molar-refractivity contribution is 1.14. The Labute approximate surface area is 308 Å². The maximum Gasteiger partial charge on any atom is 0.0542 e. The number of nitrogens with zero attached hydrogens (tertiary/aromatic N) is 2. The highest BCUT2D eigenvalue weighted by Gasteiger charge is 2.25. The van der Waals surface area contributed by atoms with E-state index in [-0.39, 0.29) is 0 Å². The van der Waals surface area contributed by atoms with Crippen LogP contribution in [-0.4, -0.2) is 9.13 Å². The van der Waals surface area contributed by atoms with Crippen LogP contribution in [0, 0.1) is 20.8 Å². The number of hydrogen-bond donors (Lipinski definition) is 0. The number of fused-ring (bicyclic) bond motifs is 14. The number of para-hydroxylation sites is 3. The molecule has 2 heterocycles. The Morgan fingerprint density at radius 2 is 0.660 bits per heavy atom. The predicted octanol–water partition coefficient (Wildman–Crippen LogP) is 13.8. The van der Waals surface area contributed by atoms with Gasteiger partial charge in [-0.2, -0.15) is 0 Å². The first-order chi connectivity index (χ1) is 26.0. The van der Waals surface area contributed by atoms with Crippen molar-refractivity contribution >= 4 is 43.6 Å². The van der Waals surface area contributed by atoms with Crippen LogP contribution >= 0.6 is 0 Å². The predicted molar refractivity (Wildman–Crippen MR) is 225 cm³/mol. The molecule has 2 nitrogen and oxygen atoms in total. The van der Waals surface area contributed by atoms with E-state index in [1.54, 1.807) is 0 Å². The van der Waals surface area contributed by atoms with E-state index in [2.05, 4.69) is 194 Å². The molecular weight excluding hydrogens is 641 g/mol. The lowest BCUT2D eigenvalue weighted by atomic mass is 9.79. The molecule has 0 saturated heterocycles. The average molecular weight is 677 g/mol. The summed E-state index contributed by atoms with van der Waals surface area (Å²) < 4.78 is 4.91. The van der Waals surface area contributed by atoms with Gasteiger partial charge in [0.15, 0.2) is 0 Å². The topological polar surface area (TPSA) is 9.86 Å². The van der Waals surface area contributed by atoms with Gasteiger partial charge in [-0.3, -0.25) is 0 Å². The summed E-state index contributed by atoms with van der Waals surface area (Å²) >= 11 is 0. The van der Waals surface area contributed by atoms with Gasteiger partial charge in [-0.15, -0.1) is 0 Å². The molecule has 0 radical (unpaired) electrons. The molecular formula is C51H36N2. The van der Waals surface area contributed by atoms with Gasteiger partial charge in [0.05, 0.1) is 22.1 Å². The van der Waals surface area contributed by atoms with Crippen LogP contribution in [0.15, 0.2) is 164 Å². The van der Waals surface area contributed by atoms with E-state index in [1.807, 2.05) is 0 Å². The fourth-order valence-corrected chi connectivity index (χ4v) is 9.11. The number of rotatable bonds is 2. The standard InChI is InChI=1S/C51H36N2/c1-31-26-42-37-16-6-4-14-35(37)36-15-5-7-17-38(36)45-30-51(33(3)28-44(45)43(42)27-32(31)2)53-49-23-13-10-20-41(49)46-29-34(24-25-50(46)53)52-47-21-11-8-18-39(47)40-19-9-12-22-48(40)52/h4-30H,1-3H3. The highest BCUT2D eigenvalue weighted by Crippen LogP contribution is 2.50. The van der Waals surface area contributed by atoms with Crippen LogP contribution in [0.3, 0.4) is 0 Å². The van der Waals surface area contributed by atoms with Crippen molar-refractivity contribution in [1.29, 1.82) is 0 Å². The lowest BCUT2D eigenvalue weighted by Gasteiger charge is -2.25. The molecule has 1 aliphatic carbocycles. The molecule has 53 heavy (non-hydrogen) atoms. The van der Waals surface area contributed by atoms with Gasteiger partial charge < -0.3 is 9.13 Å². The highest BCUT2D eigenvalue weighted by molar-refractivity contribution is 6.13. The van der Waals surface area contributed by atoms with Gasteiger partial charge in [-0.05, 0) is 131 Å². The van der Waals surface area contributed by atoms with Crippen molar-refractivity contribution in [3.63, 3.8) is 0 Å². The van der Waals surface area contributed by atoms with E-state index in [0.29, 0.717) is 0 Å². The molecule has 0 N–H and O–H groups in total. The quantitative estimate of drug-likeness (QED) is 0.172. The second kappa shape index (κ2) is 11.2. The molecule has 8 aromatic carbocycles. The van der Waals surface area contributed by atoms with E-state index in [9.17, 15) is 0 Å². The largest absolute Gasteiger partial charge is 0.309 e. The van der Waals surface area contributed by atoms with Crippen LogP contribution < -0.4 is 0 Å². The summed E-state index contributed by atoms with van der Waals surface area (Å²) in [4.78, 5) is 0.